The van der Waals surface area contributed by atoms with Gasteiger partial charge in [-0.1, -0.05) is 60.1 Å². The summed E-state index contributed by atoms with van der Waals surface area (Å²) in [6.45, 7) is 4.63. The van der Waals surface area contributed by atoms with Crippen molar-refractivity contribution in [2.75, 3.05) is 11.9 Å². The third-order valence-electron chi connectivity index (χ3n) is 4.85. The maximum Gasteiger partial charge on any atom is 0.246 e. The number of benzene rings is 3. The van der Waals surface area contributed by atoms with E-state index in [4.69, 9.17) is 0 Å². The Balaban J connectivity index is 2.01. The zero-order valence-electron chi connectivity index (χ0n) is 13.9. The smallest absolute Gasteiger partial charge is 0.246 e. The predicted octanol–water partition coefficient (Wildman–Crippen LogP) is 2.90. The average molecular weight is 297 g/mol. The Hall–Kier alpha value is -2.48. The topological polar surface area (TPSA) is 3.24 Å². The molecule has 1 nitrogen and oxygen atoms in total. The molecule has 0 amide bonds. The van der Waals surface area contributed by atoms with E-state index in [1.54, 1.807) is 0 Å². The Kier molecular flexibility index (Phi) is 3.26. The standard InChI is InChI=1S/C21H20BN/c1-15-9-11-18-20(13-15)23(3)21-14-16(2)10-12-19(21)22(18)17-7-5-4-6-8-17/h4-14H,1-3H3. The van der Waals surface area contributed by atoms with Gasteiger partial charge in [-0.05, 0) is 48.0 Å². The van der Waals surface area contributed by atoms with Crippen LogP contribution in [0.25, 0.3) is 0 Å². The highest BCUT2D eigenvalue weighted by molar-refractivity contribution is 6.97. The number of hydrogen-bond donors (Lipinski definition) is 0. The maximum atomic E-state index is 2.34. The molecule has 3 aromatic rings. The van der Waals surface area contributed by atoms with E-state index in [9.17, 15) is 0 Å². The van der Waals surface area contributed by atoms with Crippen LogP contribution in [0.5, 0.6) is 0 Å². The zero-order valence-corrected chi connectivity index (χ0v) is 13.9. The van der Waals surface area contributed by atoms with E-state index in [2.05, 4.69) is 92.5 Å². The first-order valence-corrected chi connectivity index (χ1v) is 8.15. The minimum Gasteiger partial charge on any atom is -0.345 e. The molecule has 23 heavy (non-hydrogen) atoms. The van der Waals surface area contributed by atoms with Gasteiger partial charge < -0.3 is 4.90 Å². The molecular weight excluding hydrogens is 277 g/mol. The fourth-order valence-corrected chi connectivity index (χ4v) is 3.68. The van der Waals surface area contributed by atoms with Crippen LogP contribution in [0.2, 0.25) is 0 Å². The number of fused-ring (bicyclic) bond motifs is 2. The van der Waals surface area contributed by atoms with E-state index < -0.39 is 0 Å². The van der Waals surface area contributed by atoms with Crippen molar-refractivity contribution in [2.24, 2.45) is 0 Å². The molecule has 1 heterocycles. The lowest BCUT2D eigenvalue weighted by Gasteiger charge is -2.35. The van der Waals surface area contributed by atoms with Crippen molar-refractivity contribution in [2.45, 2.75) is 13.8 Å². The maximum absolute atomic E-state index is 2.34. The lowest BCUT2D eigenvalue weighted by atomic mass is 9.35. The van der Waals surface area contributed by atoms with Crippen molar-refractivity contribution in [1.82, 2.24) is 0 Å². The molecule has 0 aliphatic carbocycles. The molecule has 2 heteroatoms. The number of aryl methyl sites for hydroxylation is 2. The first-order valence-electron chi connectivity index (χ1n) is 8.15. The van der Waals surface area contributed by atoms with Gasteiger partial charge in [0, 0.05) is 18.4 Å². The first-order chi connectivity index (χ1) is 11.1. The molecule has 1 aliphatic rings. The molecule has 4 rings (SSSR count). The predicted molar refractivity (Wildman–Crippen MR) is 102 cm³/mol. The largest absolute Gasteiger partial charge is 0.345 e. The SMILES string of the molecule is Cc1ccc2c(c1)N(C)c1cc(C)ccc1B2c1ccccc1. The molecule has 1 aliphatic heterocycles. The third-order valence-corrected chi connectivity index (χ3v) is 4.85. The van der Waals surface area contributed by atoms with Gasteiger partial charge in [-0.15, -0.1) is 0 Å². The fraction of sp³-hybridized carbons (Fsp3) is 0.143. The van der Waals surface area contributed by atoms with Gasteiger partial charge in [-0.2, -0.15) is 0 Å². The van der Waals surface area contributed by atoms with Crippen LogP contribution in [0.3, 0.4) is 0 Å². The summed E-state index contributed by atoms with van der Waals surface area (Å²) in [7, 11) is 2.18. The molecule has 0 radical (unpaired) electrons. The van der Waals surface area contributed by atoms with E-state index in [1.165, 1.54) is 38.9 Å². The van der Waals surface area contributed by atoms with Crippen molar-refractivity contribution in [3.63, 3.8) is 0 Å². The van der Waals surface area contributed by atoms with E-state index in [-0.39, 0.29) is 0 Å². The summed E-state index contributed by atoms with van der Waals surface area (Å²) in [5.74, 6) is 0. The van der Waals surface area contributed by atoms with Gasteiger partial charge in [0.25, 0.3) is 0 Å². The second kappa shape index (κ2) is 5.31. The normalized spacial score (nSPS) is 12.8. The van der Waals surface area contributed by atoms with Crippen LogP contribution in [-0.2, 0) is 0 Å². The monoisotopic (exact) mass is 297 g/mol. The van der Waals surface area contributed by atoms with Gasteiger partial charge in [0.1, 0.15) is 0 Å². The minimum atomic E-state index is 0.304. The van der Waals surface area contributed by atoms with Crippen molar-refractivity contribution in [1.29, 1.82) is 0 Å². The van der Waals surface area contributed by atoms with Crippen LogP contribution < -0.4 is 21.3 Å². The van der Waals surface area contributed by atoms with Crippen LogP contribution in [0.15, 0.2) is 66.7 Å². The molecule has 0 N–H and O–H groups in total. The van der Waals surface area contributed by atoms with E-state index in [0.29, 0.717) is 6.71 Å². The van der Waals surface area contributed by atoms with Crippen molar-refractivity contribution in [3.8, 4) is 0 Å². The second-order valence-electron chi connectivity index (χ2n) is 6.53. The Morgan fingerprint density at radius 3 is 1.74 bits per heavy atom. The highest BCUT2D eigenvalue weighted by Gasteiger charge is 2.32. The summed E-state index contributed by atoms with van der Waals surface area (Å²) in [4.78, 5) is 2.34. The molecule has 3 aromatic carbocycles. The second-order valence-corrected chi connectivity index (χ2v) is 6.53. The third kappa shape index (κ3) is 2.26. The number of anilines is 2. The average Bonchev–Trinajstić information content (AvgIpc) is 2.57. The van der Waals surface area contributed by atoms with Gasteiger partial charge in [-0.25, -0.2) is 0 Å². The summed E-state index contributed by atoms with van der Waals surface area (Å²) >= 11 is 0. The summed E-state index contributed by atoms with van der Waals surface area (Å²) in [6.07, 6.45) is 0. The molecule has 0 spiro atoms. The van der Waals surface area contributed by atoms with E-state index >= 15 is 0 Å². The Morgan fingerprint density at radius 2 is 1.22 bits per heavy atom. The molecular formula is C21H20BN. The lowest BCUT2D eigenvalue weighted by molar-refractivity contribution is 1.20. The molecule has 0 aromatic heterocycles. The van der Waals surface area contributed by atoms with E-state index in [0.717, 1.165) is 0 Å². The Labute approximate surface area is 138 Å². The first kappa shape index (κ1) is 14.1. The molecule has 0 atom stereocenters. The molecule has 0 bridgehead atoms. The molecule has 0 saturated heterocycles. The quantitative estimate of drug-likeness (QED) is 0.624. The molecule has 0 unspecified atom stereocenters. The highest BCUT2D eigenvalue weighted by Crippen LogP contribution is 2.27. The van der Waals surface area contributed by atoms with Gasteiger partial charge in [0.05, 0.1) is 0 Å². The van der Waals surface area contributed by atoms with Gasteiger partial charge in [0.2, 0.25) is 6.71 Å². The van der Waals surface area contributed by atoms with Crippen LogP contribution in [-0.4, -0.2) is 13.8 Å². The summed E-state index contributed by atoms with van der Waals surface area (Å²) in [5, 5.41) is 0. The molecule has 0 fully saturated rings. The Bertz CT molecular complexity index is 817. The van der Waals surface area contributed by atoms with Crippen molar-refractivity contribution >= 4 is 34.5 Å². The van der Waals surface area contributed by atoms with Crippen LogP contribution >= 0.6 is 0 Å². The van der Waals surface area contributed by atoms with Gasteiger partial charge >= 0.3 is 0 Å². The van der Waals surface area contributed by atoms with Gasteiger partial charge in [-0.3, -0.25) is 0 Å². The molecule has 0 saturated carbocycles. The summed E-state index contributed by atoms with van der Waals surface area (Å²) in [5.41, 5.74) is 9.38. The van der Waals surface area contributed by atoms with Crippen LogP contribution in [0, 0.1) is 13.8 Å². The fourth-order valence-electron chi connectivity index (χ4n) is 3.68. The summed E-state index contributed by atoms with van der Waals surface area (Å²) in [6, 6.07) is 24.5. The van der Waals surface area contributed by atoms with Crippen LogP contribution in [0.4, 0.5) is 11.4 Å². The van der Waals surface area contributed by atoms with Crippen molar-refractivity contribution < 1.29 is 0 Å². The molecule has 112 valence electrons. The van der Waals surface area contributed by atoms with Crippen LogP contribution in [0.1, 0.15) is 11.1 Å². The number of rotatable bonds is 1. The number of nitrogens with zero attached hydrogens (tertiary/aromatic N) is 1. The summed E-state index contributed by atoms with van der Waals surface area (Å²) < 4.78 is 0. The Morgan fingerprint density at radius 1 is 0.696 bits per heavy atom. The lowest BCUT2D eigenvalue weighted by Crippen LogP contribution is -2.57. The van der Waals surface area contributed by atoms with Crippen molar-refractivity contribution in [3.05, 3.63) is 77.9 Å². The number of hydrogen-bond acceptors (Lipinski definition) is 1. The minimum absolute atomic E-state index is 0.304. The van der Waals surface area contributed by atoms with E-state index in [1.807, 2.05) is 0 Å². The van der Waals surface area contributed by atoms with Gasteiger partial charge in [0.15, 0.2) is 0 Å². The highest BCUT2D eigenvalue weighted by atomic mass is 15.1. The zero-order chi connectivity index (χ0) is 16.0.